The molecule has 1 atom stereocenters. The Labute approximate surface area is 185 Å². The molecule has 9 nitrogen and oxygen atoms in total. The van der Waals surface area contributed by atoms with Crippen LogP contribution in [0.1, 0.15) is 32.6 Å². The molecule has 2 aromatic heterocycles. The van der Waals surface area contributed by atoms with E-state index in [1.54, 1.807) is 28.9 Å². The fourth-order valence-corrected chi connectivity index (χ4v) is 4.23. The van der Waals surface area contributed by atoms with Crippen LogP contribution in [0.2, 0.25) is 0 Å². The number of ether oxygens (including phenoxy) is 2. The number of hydrogen-bond donors (Lipinski definition) is 0. The van der Waals surface area contributed by atoms with Gasteiger partial charge in [-0.25, -0.2) is 4.98 Å². The number of nitrogens with zero attached hydrogens (tertiary/aromatic N) is 5. The van der Waals surface area contributed by atoms with Gasteiger partial charge in [-0.05, 0) is 18.2 Å². The number of carbonyl (C=O) groups excluding carboxylic acids is 2. The first-order chi connectivity index (χ1) is 15.6. The second-order valence-electron chi connectivity index (χ2n) is 7.97. The van der Waals surface area contributed by atoms with Crippen LogP contribution in [0.5, 0.6) is 0 Å². The number of amides is 2. The summed E-state index contributed by atoms with van der Waals surface area (Å²) in [4.78, 5) is 34.7. The Hall–Kier alpha value is -3.30. The molecule has 0 aliphatic carbocycles. The lowest BCUT2D eigenvalue weighted by atomic mass is 10.0. The lowest BCUT2D eigenvalue weighted by Gasteiger charge is -2.33. The summed E-state index contributed by atoms with van der Waals surface area (Å²) in [6.45, 7) is 3.47. The van der Waals surface area contributed by atoms with Crippen LogP contribution in [-0.2, 0) is 16.5 Å². The molecular weight excluding hydrogens is 410 g/mol. The SMILES string of the molecule is Cn1nccc1C(=O)N1CCOC(c2cc(C(=O)N3CCOCC3)c3ccccc3n2)C1. The quantitative estimate of drug-likeness (QED) is 0.622. The predicted molar refractivity (Wildman–Crippen MR) is 116 cm³/mol. The van der Waals surface area contributed by atoms with Crippen LogP contribution in [-0.4, -0.2) is 82.4 Å². The number of fused-ring (bicyclic) bond motifs is 1. The fourth-order valence-electron chi connectivity index (χ4n) is 4.23. The molecule has 0 saturated carbocycles. The largest absolute Gasteiger partial charge is 0.378 e. The van der Waals surface area contributed by atoms with E-state index in [0.717, 1.165) is 10.9 Å². The number of morpholine rings is 2. The van der Waals surface area contributed by atoms with Gasteiger partial charge in [0.25, 0.3) is 11.8 Å². The van der Waals surface area contributed by atoms with Crippen molar-refractivity contribution < 1.29 is 19.1 Å². The molecule has 166 valence electrons. The Morgan fingerprint density at radius 3 is 2.56 bits per heavy atom. The van der Waals surface area contributed by atoms with Crippen molar-refractivity contribution >= 4 is 22.7 Å². The molecule has 0 radical (unpaired) electrons. The van der Waals surface area contributed by atoms with Gasteiger partial charge in [-0.1, -0.05) is 18.2 Å². The third-order valence-corrected chi connectivity index (χ3v) is 5.99. The molecule has 0 bridgehead atoms. The molecule has 2 aliphatic heterocycles. The van der Waals surface area contributed by atoms with E-state index in [-0.39, 0.29) is 11.8 Å². The summed E-state index contributed by atoms with van der Waals surface area (Å²) in [6, 6.07) is 11.2. The van der Waals surface area contributed by atoms with Crippen LogP contribution >= 0.6 is 0 Å². The van der Waals surface area contributed by atoms with Crippen LogP contribution < -0.4 is 0 Å². The van der Waals surface area contributed by atoms with Crippen molar-refractivity contribution in [2.45, 2.75) is 6.10 Å². The van der Waals surface area contributed by atoms with E-state index in [9.17, 15) is 9.59 Å². The molecule has 0 N–H and O–H groups in total. The van der Waals surface area contributed by atoms with Gasteiger partial charge in [0.2, 0.25) is 0 Å². The average molecular weight is 435 g/mol. The van der Waals surface area contributed by atoms with Crippen molar-refractivity contribution in [1.82, 2.24) is 24.6 Å². The van der Waals surface area contributed by atoms with Crippen LogP contribution in [0.25, 0.3) is 10.9 Å². The molecule has 2 fully saturated rings. The van der Waals surface area contributed by atoms with E-state index < -0.39 is 6.10 Å². The summed E-state index contributed by atoms with van der Waals surface area (Å²) in [5.41, 5.74) is 2.52. The van der Waals surface area contributed by atoms with Crippen molar-refractivity contribution in [2.75, 3.05) is 46.0 Å². The number of rotatable bonds is 3. The Morgan fingerprint density at radius 1 is 1.00 bits per heavy atom. The van der Waals surface area contributed by atoms with E-state index in [0.29, 0.717) is 63.0 Å². The van der Waals surface area contributed by atoms with Gasteiger partial charge in [-0.15, -0.1) is 0 Å². The smallest absolute Gasteiger partial charge is 0.272 e. The molecule has 9 heteroatoms. The first-order valence-electron chi connectivity index (χ1n) is 10.8. The van der Waals surface area contributed by atoms with E-state index in [1.165, 1.54) is 0 Å². The molecule has 1 aromatic carbocycles. The van der Waals surface area contributed by atoms with E-state index in [1.807, 2.05) is 35.2 Å². The van der Waals surface area contributed by atoms with Crippen LogP contribution in [0.15, 0.2) is 42.6 Å². The maximum absolute atomic E-state index is 13.3. The highest BCUT2D eigenvalue weighted by Gasteiger charge is 2.30. The minimum absolute atomic E-state index is 0.0354. The zero-order valence-corrected chi connectivity index (χ0v) is 17.9. The Morgan fingerprint density at radius 2 is 1.78 bits per heavy atom. The highest BCUT2D eigenvalue weighted by atomic mass is 16.5. The highest BCUT2D eigenvalue weighted by molar-refractivity contribution is 6.06. The first-order valence-corrected chi connectivity index (χ1v) is 10.8. The first kappa shape index (κ1) is 20.6. The molecule has 5 rings (SSSR count). The maximum atomic E-state index is 13.3. The molecule has 32 heavy (non-hydrogen) atoms. The second kappa shape index (κ2) is 8.68. The number of carbonyl (C=O) groups is 2. The van der Waals surface area contributed by atoms with Crippen LogP contribution in [0.3, 0.4) is 0 Å². The van der Waals surface area contributed by atoms with E-state index >= 15 is 0 Å². The Balaban J connectivity index is 1.46. The fraction of sp³-hybridized carbons (Fsp3) is 0.391. The minimum Gasteiger partial charge on any atom is -0.378 e. The van der Waals surface area contributed by atoms with E-state index in [2.05, 4.69) is 5.10 Å². The maximum Gasteiger partial charge on any atom is 0.272 e. The second-order valence-corrected chi connectivity index (χ2v) is 7.97. The molecular formula is C23H25N5O4. The Kier molecular flexibility index (Phi) is 5.59. The van der Waals surface area contributed by atoms with Gasteiger partial charge in [-0.2, -0.15) is 5.10 Å². The van der Waals surface area contributed by atoms with Crippen molar-refractivity contribution in [3.05, 3.63) is 59.5 Å². The predicted octanol–water partition coefficient (Wildman–Crippen LogP) is 1.65. The average Bonchev–Trinajstić information content (AvgIpc) is 3.28. The van der Waals surface area contributed by atoms with Gasteiger partial charge in [-0.3, -0.25) is 14.3 Å². The number of aryl methyl sites for hydroxylation is 1. The van der Waals surface area contributed by atoms with Crippen molar-refractivity contribution in [3.8, 4) is 0 Å². The normalized spacial score (nSPS) is 19.3. The lowest BCUT2D eigenvalue weighted by molar-refractivity contribution is -0.0249. The van der Waals surface area contributed by atoms with E-state index in [4.69, 9.17) is 14.5 Å². The van der Waals surface area contributed by atoms with Gasteiger partial charge >= 0.3 is 0 Å². The molecule has 2 aliphatic rings. The van der Waals surface area contributed by atoms with Crippen molar-refractivity contribution in [3.63, 3.8) is 0 Å². The molecule has 4 heterocycles. The van der Waals surface area contributed by atoms with Crippen molar-refractivity contribution in [1.29, 1.82) is 0 Å². The summed E-state index contributed by atoms with van der Waals surface area (Å²) in [5, 5.41) is 4.91. The Bertz CT molecular complexity index is 1150. The molecule has 2 saturated heterocycles. The summed E-state index contributed by atoms with van der Waals surface area (Å²) >= 11 is 0. The molecule has 3 aromatic rings. The van der Waals surface area contributed by atoms with Gasteiger partial charge in [0.05, 0.1) is 43.1 Å². The molecule has 0 spiro atoms. The standard InChI is InChI=1S/C23H25N5O4/c1-26-20(6-7-24-26)23(30)28-10-13-32-21(15-28)19-14-17(16-4-2-3-5-18(16)25-19)22(29)27-8-11-31-12-9-27/h2-7,14,21H,8-13,15H2,1H3. The summed E-state index contributed by atoms with van der Waals surface area (Å²) in [5.74, 6) is -0.129. The van der Waals surface area contributed by atoms with Gasteiger partial charge in [0, 0.05) is 38.3 Å². The topological polar surface area (TPSA) is 89.8 Å². The minimum atomic E-state index is -0.415. The van der Waals surface area contributed by atoms with Crippen molar-refractivity contribution in [2.24, 2.45) is 7.05 Å². The third-order valence-electron chi connectivity index (χ3n) is 5.99. The number of benzene rings is 1. The zero-order valence-electron chi connectivity index (χ0n) is 17.9. The molecule has 2 amide bonds. The highest BCUT2D eigenvalue weighted by Crippen LogP contribution is 2.27. The van der Waals surface area contributed by atoms with Crippen LogP contribution in [0.4, 0.5) is 0 Å². The third kappa shape index (κ3) is 3.85. The summed E-state index contributed by atoms with van der Waals surface area (Å²) in [7, 11) is 1.75. The lowest BCUT2D eigenvalue weighted by Crippen LogP contribution is -2.43. The summed E-state index contributed by atoms with van der Waals surface area (Å²) < 4.78 is 13.0. The molecule has 1 unspecified atom stereocenters. The monoisotopic (exact) mass is 435 g/mol. The number of hydrogen-bond acceptors (Lipinski definition) is 6. The zero-order chi connectivity index (χ0) is 22.1. The van der Waals surface area contributed by atoms with Gasteiger partial charge < -0.3 is 19.3 Å². The van der Waals surface area contributed by atoms with Gasteiger partial charge in [0.1, 0.15) is 11.8 Å². The van der Waals surface area contributed by atoms with Crippen LogP contribution in [0, 0.1) is 0 Å². The van der Waals surface area contributed by atoms with Gasteiger partial charge in [0.15, 0.2) is 0 Å². The number of aromatic nitrogens is 3. The number of para-hydroxylation sites is 1. The summed E-state index contributed by atoms with van der Waals surface area (Å²) in [6.07, 6.45) is 1.20. The number of pyridine rings is 1.